The predicted octanol–water partition coefficient (Wildman–Crippen LogP) is 5.00. The molecule has 0 fully saturated rings. The fourth-order valence-corrected chi connectivity index (χ4v) is 2.34. The van der Waals surface area contributed by atoms with Crippen molar-refractivity contribution in [3.8, 4) is 16.9 Å². The van der Waals surface area contributed by atoms with Crippen LogP contribution in [0, 0.1) is 5.82 Å². The zero-order chi connectivity index (χ0) is 13.4. The summed E-state index contributed by atoms with van der Waals surface area (Å²) in [4.78, 5) is 0. The van der Waals surface area contributed by atoms with Gasteiger partial charge in [0.05, 0.1) is 0 Å². The molecule has 0 atom stereocenters. The Morgan fingerprint density at radius 3 is 2.42 bits per heavy atom. The maximum atomic E-state index is 13.9. The lowest BCUT2D eigenvalue weighted by molar-refractivity contribution is 0.483. The van der Waals surface area contributed by atoms with Gasteiger partial charge in [-0.25, -0.2) is 4.39 Å². The van der Waals surface area contributed by atoms with Crippen LogP contribution >= 0.6 is 11.6 Å². The van der Waals surface area contributed by atoms with Crippen LogP contribution in [-0.2, 0) is 0 Å². The Labute approximate surface area is 114 Å². The van der Waals surface area contributed by atoms with Crippen LogP contribution in [0.1, 0.15) is 0 Å². The van der Waals surface area contributed by atoms with Crippen LogP contribution in [0.15, 0.2) is 54.6 Å². The zero-order valence-electron chi connectivity index (χ0n) is 9.90. The van der Waals surface area contributed by atoms with Gasteiger partial charge in [-0.3, -0.25) is 0 Å². The van der Waals surface area contributed by atoms with Gasteiger partial charge in [-0.05, 0) is 29.7 Å². The number of aromatic hydroxyl groups is 1. The molecule has 0 aliphatic rings. The van der Waals surface area contributed by atoms with Gasteiger partial charge in [-0.2, -0.15) is 0 Å². The van der Waals surface area contributed by atoms with Crippen LogP contribution in [0.3, 0.4) is 0 Å². The maximum absolute atomic E-state index is 13.9. The first-order valence-corrected chi connectivity index (χ1v) is 6.21. The Kier molecular flexibility index (Phi) is 2.88. The molecular formula is C16H10ClFO. The van der Waals surface area contributed by atoms with E-state index in [1.807, 2.05) is 30.3 Å². The summed E-state index contributed by atoms with van der Waals surface area (Å²) in [5, 5.41) is 12.2. The lowest BCUT2D eigenvalue weighted by atomic mass is 9.99. The second-order valence-electron chi connectivity index (χ2n) is 4.31. The molecule has 0 aliphatic carbocycles. The molecule has 0 bridgehead atoms. The summed E-state index contributed by atoms with van der Waals surface area (Å²) in [5.41, 5.74) is 0.806. The van der Waals surface area contributed by atoms with Crippen molar-refractivity contribution in [3.63, 3.8) is 0 Å². The molecular weight excluding hydrogens is 263 g/mol. The molecule has 3 heteroatoms. The van der Waals surface area contributed by atoms with E-state index in [1.165, 1.54) is 6.07 Å². The average molecular weight is 273 g/mol. The van der Waals surface area contributed by atoms with Gasteiger partial charge in [0, 0.05) is 21.5 Å². The number of hydrogen-bond acceptors (Lipinski definition) is 1. The van der Waals surface area contributed by atoms with E-state index in [0.717, 1.165) is 5.39 Å². The monoisotopic (exact) mass is 272 g/mol. The van der Waals surface area contributed by atoms with Gasteiger partial charge < -0.3 is 5.11 Å². The molecule has 0 heterocycles. The number of phenolic OH excluding ortho intramolecular Hbond substituents is 1. The number of rotatable bonds is 1. The number of phenols is 1. The minimum atomic E-state index is -0.446. The number of benzene rings is 3. The fourth-order valence-electron chi connectivity index (χ4n) is 2.18. The molecule has 0 unspecified atom stereocenters. The summed E-state index contributed by atoms with van der Waals surface area (Å²) >= 11 is 5.74. The topological polar surface area (TPSA) is 20.2 Å². The summed E-state index contributed by atoms with van der Waals surface area (Å²) in [6, 6.07) is 15.4. The van der Waals surface area contributed by atoms with E-state index in [0.29, 0.717) is 21.5 Å². The first kappa shape index (κ1) is 12.0. The Morgan fingerprint density at radius 2 is 1.63 bits per heavy atom. The molecule has 3 aromatic carbocycles. The molecule has 0 aromatic heterocycles. The molecule has 0 saturated heterocycles. The minimum Gasteiger partial charge on any atom is -0.507 e. The molecule has 1 N–H and O–H groups in total. The van der Waals surface area contributed by atoms with Crippen LogP contribution in [0.5, 0.6) is 5.75 Å². The van der Waals surface area contributed by atoms with E-state index >= 15 is 0 Å². The first-order chi connectivity index (χ1) is 9.16. The molecule has 1 nitrogen and oxygen atoms in total. The van der Waals surface area contributed by atoms with Gasteiger partial charge in [0.25, 0.3) is 0 Å². The van der Waals surface area contributed by atoms with Crippen molar-refractivity contribution in [3.05, 3.63) is 65.4 Å². The van der Waals surface area contributed by atoms with Crippen molar-refractivity contribution in [1.29, 1.82) is 0 Å². The lowest BCUT2D eigenvalue weighted by Gasteiger charge is -2.09. The molecule has 0 aliphatic heterocycles. The van der Waals surface area contributed by atoms with Gasteiger partial charge in [-0.1, -0.05) is 41.9 Å². The van der Waals surface area contributed by atoms with Crippen LogP contribution in [0.4, 0.5) is 4.39 Å². The van der Waals surface area contributed by atoms with Crippen LogP contribution < -0.4 is 0 Å². The van der Waals surface area contributed by atoms with E-state index < -0.39 is 5.82 Å². The van der Waals surface area contributed by atoms with E-state index in [-0.39, 0.29) is 5.75 Å². The lowest BCUT2D eigenvalue weighted by Crippen LogP contribution is -1.86. The van der Waals surface area contributed by atoms with Crippen molar-refractivity contribution < 1.29 is 9.50 Å². The second-order valence-corrected chi connectivity index (χ2v) is 4.74. The summed E-state index contributed by atoms with van der Waals surface area (Å²) < 4.78 is 13.9. The smallest absolute Gasteiger partial charge is 0.132 e. The van der Waals surface area contributed by atoms with E-state index in [2.05, 4.69) is 0 Å². The van der Waals surface area contributed by atoms with Crippen LogP contribution in [0.2, 0.25) is 5.02 Å². The average Bonchev–Trinajstić information content (AvgIpc) is 2.41. The molecule has 0 radical (unpaired) electrons. The van der Waals surface area contributed by atoms with Crippen LogP contribution in [-0.4, -0.2) is 5.11 Å². The predicted molar refractivity (Wildman–Crippen MR) is 76.0 cm³/mol. The fraction of sp³-hybridized carbons (Fsp3) is 0. The number of hydrogen-bond donors (Lipinski definition) is 1. The van der Waals surface area contributed by atoms with Crippen molar-refractivity contribution in [2.75, 3.05) is 0 Å². The highest BCUT2D eigenvalue weighted by Crippen LogP contribution is 2.37. The second kappa shape index (κ2) is 4.56. The standard InChI is InChI=1S/C16H10ClFO/c17-11-6-8-13(15(18)9-11)14-7-5-10-3-1-2-4-12(10)16(14)19/h1-9,19H. The summed E-state index contributed by atoms with van der Waals surface area (Å²) in [6.45, 7) is 0. The van der Waals surface area contributed by atoms with E-state index in [9.17, 15) is 9.50 Å². The Morgan fingerprint density at radius 1 is 0.895 bits per heavy atom. The van der Waals surface area contributed by atoms with Gasteiger partial charge in [-0.15, -0.1) is 0 Å². The SMILES string of the molecule is Oc1c(-c2ccc(Cl)cc2F)ccc2ccccc12. The van der Waals surface area contributed by atoms with E-state index in [1.54, 1.807) is 18.2 Å². The van der Waals surface area contributed by atoms with Gasteiger partial charge in [0.15, 0.2) is 0 Å². The van der Waals surface area contributed by atoms with Crippen LogP contribution in [0.25, 0.3) is 21.9 Å². The quantitative estimate of drug-likeness (QED) is 0.660. The Hall–Kier alpha value is -2.06. The number of halogens is 2. The third-order valence-electron chi connectivity index (χ3n) is 3.12. The van der Waals surface area contributed by atoms with Crippen molar-refractivity contribution >= 4 is 22.4 Å². The van der Waals surface area contributed by atoms with Crippen molar-refractivity contribution in [2.45, 2.75) is 0 Å². The van der Waals surface area contributed by atoms with Gasteiger partial charge in [0.2, 0.25) is 0 Å². The highest BCUT2D eigenvalue weighted by molar-refractivity contribution is 6.30. The maximum Gasteiger partial charge on any atom is 0.132 e. The Balaban J connectivity index is 2.28. The summed E-state index contributed by atoms with van der Waals surface area (Å²) in [7, 11) is 0. The molecule has 0 amide bonds. The molecule has 94 valence electrons. The highest BCUT2D eigenvalue weighted by atomic mass is 35.5. The minimum absolute atomic E-state index is 0.0827. The number of fused-ring (bicyclic) bond motifs is 1. The van der Waals surface area contributed by atoms with Crippen molar-refractivity contribution in [1.82, 2.24) is 0 Å². The summed E-state index contributed by atoms with van der Waals surface area (Å²) in [6.07, 6.45) is 0. The van der Waals surface area contributed by atoms with E-state index in [4.69, 9.17) is 11.6 Å². The molecule has 3 rings (SSSR count). The normalized spacial score (nSPS) is 10.8. The molecule has 19 heavy (non-hydrogen) atoms. The van der Waals surface area contributed by atoms with Crippen molar-refractivity contribution in [2.24, 2.45) is 0 Å². The highest BCUT2D eigenvalue weighted by Gasteiger charge is 2.12. The van der Waals surface area contributed by atoms with Gasteiger partial charge >= 0.3 is 0 Å². The zero-order valence-corrected chi connectivity index (χ0v) is 10.7. The first-order valence-electron chi connectivity index (χ1n) is 5.83. The third kappa shape index (κ3) is 2.04. The third-order valence-corrected chi connectivity index (χ3v) is 3.36. The molecule has 0 saturated carbocycles. The molecule has 0 spiro atoms. The Bertz CT molecular complexity index is 768. The summed E-state index contributed by atoms with van der Waals surface area (Å²) in [5.74, 6) is -0.364. The molecule has 3 aromatic rings. The van der Waals surface area contributed by atoms with Gasteiger partial charge in [0.1, 0.15) is 11.6 Å². The largest absolute Gasteiger partial charge is 0.507 e.